The Kier molecular flexibility index (Phi) is 3.89. The highest BCUT2D eigenvalue weighted by atomic mass is 16.3. The number of hydrogen-bond acceptors (Lipinski definition) is 3. The molecule has 0 heterocycles. The van der Waals surface area contributed by atoms with Crippen molar-refractivity contribution in [3.8, 4) is 0 Å². The van der Waals surface area contributed by atoms with Gasteiger partial charge in [-0.1, -0.05) is 18.9 Å². The highest BCUT2D eigenvalue weighted by Gasteiger charge is 2.22. The molecule has 94 valence electrons. The highest BCUT2D eigenvalue weighted by Crippen LogP contribution is 2.25. The molecular formula is C14H22N2O. The van der Waals surface area contributed by atoms with E-state index in [4.69, 9.17) is 5.73 Å². The van der Waals surface area contributed by atoms with Crippen LogP contribution < -0.4 is 11.1 Å². The fraction of sp³-hybridized carbons (Fsp3) is 0.571. The summed E-state index contributed by atoms with van der Waals surface area (Å²) < 4.78 is 0. The number of nitrogen functional groups attached to an aromatic ring is 1. The first-order chi connectivity index (χ1) is 8.16. The summed E-state index contributed by atoms with van der Waals surface area (Å²) >= 11 is 0. The summed E-state index contributed by atoms with van der Waals surface area (Å²) in [6.45, 7) is 2.91. The molecular weight excluding hydrogens is 212 g/mol. The Labute approximate surface area is 103 Å². The average molecular weight is 234 g/mol. The Morgan fingerprint density at radius 3 is 2.88 bits per heavy atom. The van der Waals surface area contributed by atoms with Gasteiger partial charge in [0, 0.05) is 23.8 Å². The zero-order valence-electron chi connectivity index (χ0n) is 10.4. The number of anilines is 2. The van der Waals surface area contributed by atoms with E-state index in [1.807, 2.05) is 18.2 Å². The molecule has 17 heavy (non-hydrogen) atoms. The lowest BCUT2D eigenvalue weighted by Crippen LogP contribution is -2.30. The molecule has 1 aromatic rings. The van der Waals surface area contributed by atoms with Crippen LogP contribution in [0.2, 0.25) is 0 Å². The Morgan fingerprint density at radius 1 is 1.35 bits per heavy atom. The van der Waals surface area contributed by atoms with E-state index in [0.717, 1.165) is 37.2 Å². The van der Waals surface area contributed by atoms with Crippen molar-refractivity contribution in [2.45, 2.75) is 38.7 Å². The Balaban J connectivity index is 1.94. The molecule has 4 N–H and O–H groups in total. The molecule has 0 aliphatic heterocycles. The van der Waals surface area contributed by atoms with E-state index in [0.29, 0.717) is 5.92 Å². The molecule has 3 heteroatoms. The summed E-state index contributed by atoms with van der Waals surface area (Å²) in [6, 6.07) is 5.90. The van der Waals surface area contributed by atoms with Gasteiger partial charge in [-0.15, -0.1) is 0 Å². The van der Waals surface area contributed by atoms with Gasteiger partial charge in [-0.05, 0) is 37.5 Å². The van der Waals surface area contributed by atoms with Crippen molar-refractivity contribution >= 4 is 11.4 Å². The maximum absolute atomic E-state index is 9.91. The lowest BCUT2D eigenvalue weighted by Gasteiger charge is -2.28. The van der Waals surface area contributed by atoms with Crippen molar-refractivity contribution in [3.63, 3.8) is 0 Å². The Bertz CT molecular complexity index is 378. The summed E-state index contributed by atoms with van der Waals surface area (Å²) in [5.74, 6) is 0.379. The van der Waals surface area contributed by atoms with Gasteiger partial charge >= 0.3 is 0 Å². The Morgan fingerprint density at radius 2 is 2.12 bits per heavy atom. The van der Waals surface area contributed by atoms with Crippen molar-refractivity contribution < 1.29 is 5.11 Å². The first kappa shape index (κ1) is 12.2. The van der Waals surface area contributed by atoms with E-state index in [2.05, 4.69) is 12.2 Å². The third-order valence-electron chi connectivity index (χ3n) is 3.69. The lowest BCUT2D eigenvalue weighted by atomic mass is 9.86. The molecule has 0 amide bonds. The first-order valence-corrected chi connectivity index (χ1v) is 6.45. The first-order valence-electron chi connectivity index (χ1n) is 6.45. The molecule has 1 fully saturated rings. The molecule has 0 saturated heterocycles. The molecule has 1 aliphatic carbocycles. The molecule has 2 atom stereocenters. The summed E-state index contributed by atoms with van der Waals surface area (Å²) in [4.78, 5) is 0. The van der Waals surface area contributed by atoms with E-state index < -0.39 is 0 Å². The molecule has 2 unspecified atom stereocenters. The SMILES string of the molecule is Cc1ccc(N)cc1NCC1CCCCC1O. The minimum Gasteiger partial charge on any atom is -0.399 e. The average Bonchev–Trinajstić information content (AvgIpc) is 2.32. The predicted molar refractivity (Wildman–Crippen MR) is 72.0 cm³/mol. The number of aliphatic hydroxyl groups is 1. The molecule has 1 aromatic carbocycles. The fourth-order valence-corrected chi connectivity index (χ4v) is 2.50. The largest absolute Gasteiger partial charge is 0.399 e. The van der Waals surface area contributed by atoms with Crippen LogP contribution in [0.3, 0.4) is 0 Å². The quantitative estimate of drug-likeness (QED) is 0.704. The molecule has 0 bridgehead atoms. The van der Waals surface area contributed by atoms with Crippen LogP contribution in [-0.4, -0.2) is 17.8 Å². The number of nitrogens with one attached hydrogen (secondary N) is 1. The summed E-state index contributed by atoms with van der Waals surface area (Å²) in [7, 11) is 0. The standard InChI is InChI=1S/C14H22N2O/c1-10-6-7-12(15)8-13(10)16-9-11-4-2-3-5-14(11)17/h6-8,11,14,16-17H,2-5,9,15H2,1H3. The van der Waals surface area contributed by atoms with E-state index in [1.165, 1.54) is 12.0 Å². The number of nitrogens with two attached hydrogens (primary N) is 1. The fourth-order valence-electron chi connectivity index (χ4n) is 2.50. The van der Waals surface area contributed by atoms with Gasteiger partial charge in [0.2, 0.25) is 0 Å². The number of aryl methyl sites for hydroxylation is 1. The zero-order valence-corrected chi connectivity index (χ0v) is 10.4. The van der Waals surface area contributed by atoms with E-state index in [-0.39, 0.29) is 6.10 Å². The van der Waals surface area contributed by atoms with Crippen LogP contribution in [0.5, 0.6) is 0 Å². The monoisotopic (exact) mass is 234 g/mol. The third kappa shape index (κ3) is 3.13. The van der Waals surface area contributed by atoms with Gasteiger partial charge in [-0.25, -0.2) is 0 Å². The summed E-state index contributed by atoms with van der Waals surface area (Å²) in [5, 5.41) is 13.3. The normalized spacial score (nSPS) is 24.6. The van der Waals surface area contributed by atoms with Crippen LogP contribution in [0, 0.1) is 12.8 Å². The van der Waals surface area contributed by atoms with Gasteiger partial charge in [-0.3, -0.25) is 0 Å². The topological polar surface area (TPSA) is 58.3 Å². The molecule has 3 nitrogen and oxygen atoms in total. The zero-order chi connectivity index (χ0) is 12.3. The third-order valence-corrected chi connectivity index (χ3v) is 3.69. The van der Waals surface area contributed by atoms with E-state index >= 15 is 0 Å². The van der Waals surface area contributed by atoms with Crippen LogP contribution in [0.25, 0.3) is 0 Å². The van der Waals surface area contributed by atoms with Crippen molar-refractivity contribution in [2.24, 2.45) is 5.92 Å². The van der Waals surface area contributed by atoms with Crippen LogP contribution >= 0.6 is 0 Å². The number of benzene rings is 1. The molecule has 0 aromatic heterocycles. The molecule has 1 aliphatic rings. The van der Waals surface area contributed by atoms with Crippen molar-refractivity contribution in [1.29, 1.82) is 0 Å². The minimum absolute atomic E-state index is 0.141. The summed E-state index contributed by atoms with van der Waals surface area (Å²) in [6.07, 6.45) is 4.32. The second-order valence-electron chi connectivity index (χ2n) is 5.07. The van der Waals surface area contributed by atoms with Gasteiger partial charge in [0.25, 0.3) is 0 Å². The number of aliphatic hydroxyl groups excluding tert-OH is 1. The highest BCUT2D eigenvalue weighted by molar-refractivity contribution is 5.59. The van der Waals surface area contributed by atoms with Crippen molar-refractivity contribution in [3.05, 3.63) is 23.8 Å². The van der Waals surface area contributed by atoms with Gasteiger partial charge in [0.1, 0.15) is 0 Å². The van der Waals surface area contributed by atoms with Gasteiger partial charge < -0.3 is 16.2 Å². The minimum atomic E-state index is -0.141. The van der Waals surface area contributed by atoms with E-state index in [9.17, 15) is 5.11 Å². The van der Waals surface area contributed by atoms with Crippen LogP contribution in [0.4, 0.5) is 11.4 Å². The summed E-state index contributed by atoms with van der Waals surface area (Å²) in [5.41, 5.74) is 8.84. The lowest BCUT2D eigenvalue weighted by molar-refractivity contribution is 0.0763. The predicted octanol–water partition coefficient (Wildman–Crippen LogP) is 2.54. The van der Waals surface area contributed by atoms with Crippen molar-refractivity contribution in [2.75, 3.05) is 17.6 Å². The molecule has 1 saturated carbocycles. The molecule has 0 spiro atoms. The van der Waals surface area contributed by atoms with Gasteiger partial charge in [0.15, 0.2) is 0 Å². The van der Waals surface area contributed by atoms with Crippen molar-refractivity contribution in [1.82, 2.24) is 0 Å². The smallest absolute Gasteiger partial charge is 0.0585 e. The van der Waals surface area contributed by atoms with Crippen LogP contribution in [0.15, 0.2) is 18.2 Å². The maximum Gasteiger partial charge on any atom is 0.0585 e. The number of hydrogen-bond donors (Lipinski definition) is 3. The molecule has 0 radical (unpaired) electrons. The van der Waals surface area contributed by atoms with E-state index in [1.54, 1.807) is 0 Å². The van der Waals surface area contributed by atoms with Crippen LogP contribution in [-0.2, 0) is 0 Å². The maximum atomic E-state index is 9.91. The number of rotatable bonds is 3. The Hall–Kier alpha value is -1.22. The van der Waals surface area contributed by atoms with Gasteiger partial charge in [0.05, 0.1) is 6.10 Å². The molecule has 2 rings (SSSR count). The second kappa shape index (κ2) is 5.41. The van der Waals surface area contributed by atoms with Gasteiger partial charge in [-0.2, -0.15) is 0 Å². The second-order valence-corrected chi connectivity index (χ2v) is 5.07. The van der Waals surface area contributed by atoms with Crippen LogP contribution in [0.1, 0.15) is 31.2 Å².